The van der Waals surface area contributed by atoms with Gasteiger partial charge < -0.3 is 11.1 Å². The Hall–Kier alpha value is -1.92. The van der Waals surface area contributed by atoms with Crippen molar-refractivity contribution in [1.82, 2.24) is 16.2 Å². The summed E-state index contributed by atoms with van der Waals surface area (Å²) >= 11 is 0. The van der Waals surface area contributed by atoms with Gasteiger partial charge in [-0.1, -0.05) is 43.7 Å². The smallest absolute Gasteiger partial charge is 0.240 e. The predicted octanol–water partition coefficient (Wildman–Crippen LogP) is 0.234. The molecule has 1 aromatic rings. The van der Waals surface area contributed by atoms with Gasteiger partial charge in [0.1, 0.15) is 12.1 Å². The molecule has 1 aliphatic heterocycles. The zero-order valence-electron chi connectivity index (χ0n) is 12.8. The average Bonchev–Trinajstić information content (AvgIpc) is 2.96. The van der Waals surface area contributed by atoms with Gasteiger partial charge in [0.2, 0.25) is 11.8 Å². The van der Waals surface area contributed by atoms with Crippen LogP contribution >= 0.6 is 0 Å². The molecule has 0 radical (unpaired) electrons. The molecule has 1 heterocycles. The lowest BCUT2D eigenvalue weighted by molar-refractivity contribution is -0.128. The molecule has 0 saturated carbocycles. The van der Waals surface area contributed by atoms with E-state index in [4.69, 9.17) is 5.73 Å². The second-order valence-corrected chi connectivity index (χ2v) is 5.72. The summed E-state index contributed by atoms with van der Waals surface area (Å²) in [6, 6.07) is 8.80. The van der Waals surface area contributed by atoms with Crippen molar-refractivity contribution < 1.29 is 9.59 Å². The highest BCUT2D eigenvalue weighted by atomic mass is 16.2. The zero-order chi connectivity index (χ0) is 15.9. The van der Waals surface area contributed by atoms with Gasteiger partial charge in [0.05, 0.1) is 0 Å². The van der Waals surface area contributed by atoms with Gasteiger partial charge in [-0.2, -0.15) is 0 Å². The molecule has 2 amide bonds. The Morgan fingerprint density at radius 1 is 1.32 bits per heavy atom. The Labute approximate surface area is 130 Å². The molecule has 1 aliphatic rings. The van der Waals surface area contributed by atoms with E-state index >= 15 is 0 Å². The van der Waals surface area contributed by atoms with E-state index in [0.717, 1.165) is 24.8 Å². The third-order valence-corrected chi connectivity index (χ3v) is 3.88. The molecule has 0 aliphatic carbocycles. The molecule has 120 valence electrons. The number of benzene rings is 1. The summed E-state index contributed by atoms with van der Waals surface area (Å²) in [6.45, 7) is 2.11. The Kier molecular flexibility index (Phi) is 5.91. The van der Waals surface area contributed by atoms with Gasteiger partial charge in [0, 0.05) is 12.5 Å². The second kappa shape index (κ2) is 7.91. The number of hydrogen-bond acceptors (Lipinski definition) is 4. The number of hydrogen-bond donors (Lipinski definition) is 4. The van der Waals surface area contributed by atoms with Crippen LogP contribution < -0.4 is 21.9 Å². The van der Waals surface area contributed by atoms with Crippen molar-refractivity contribution in [2.24, 2.45) is 5.73 Å². The van der Waals surface area contributed by atoms with E-state index < -0.39 is 11.9 Å². The SMILES string of the molecule is CCCC1CC(C(=O)N[C@@H](Cc2ccccc2)C(N)=O)NN1. The third-order valence-electron chi connectivity index (χ3n) is 3.88. The molecule has 2 rings (SSSR count). The number of carbonyl (C=O) groups is 2. The summed E-state index contributed by atoms with van der Waals surface area (Å²) in [7, 11) is 0. The quantitative estimate of drug-likeness (QED) is 0.580. The Bertz CT molecular complexity index is 506. The van der Waals surface area contributed by atoms with Crippen molar-refractivity contribution in [2.45, 2.75) is 50.7 Å². The van der Waals surface area contributed by atoms with E-state index in [1.54, 1.807) is 0 Å². The Morgan fingerprint density at radius 3 is 2.68 bits per heavy atom. The van der Waals surface area contributed by atoms with Gasteiger partial charge in [-0.25, -0.2) is 5.43 Å². The molecule has 6 nitrogen and oxygen atoms in total. The van der Waals surface area contributed by atoms with Crippen molar-refractivity contribution >= 4 is 11.8 Å². The molecule has 0 bridgehead atoms. The zero-order valence-corrected chi connectivity index (χ0v) is 12.8. The highest BCUT2D eigenvalue weighted by Crippen LogP contribution is 2.11. The monoisotopic (exact) mass is 304 g/mol. The first-order valence-corrected chi connectivity index (χ1v) is 7.74. The van der Waals surface area contributed by atoms with Crippen LogP contribution in [0.3, 0.4) is 0 Å². The maximum Gasteiger partial charge on any atom is 0.240 e. The predicted molar refractivity (Wildman–Crippen MR) is 84.6 cm³/mol. The summed E-state index contributed by atoms with van der Waals surface area (Å²) in [4.78, 5) is 23.9. The van der Waals surface area contributed by atoms with Gasteiger partial charge in [-0.3, -0.25) is 15.0 Å². The lowest BCUT2D eigenvalue weighted by Gasteiger charge is -2.18. The van der Waals surface area contributed by atoms with Crippen molar-refractivity contribution in [2.75, 3.05) is 0 Å². The molecule has 1 fully saturated rings. The minimum atomic E-state index is -0.693. The van der Waals surface area contributed by atoms with Crippen LogP contribution in [0.4, 0.5) is 0 Å². The van der Waals surface area contributed by atoms with Crippen LogP contribution in [0.5, 0.6) is 0 Å². The molecular weight excluding hydrogens is 280 g/mol. The van der Waals surface area contributed by atoms with Crippen molar-refractivity contribution in [1.29, 1.82) is 0 Å². The van der Waals surface area contributed by atoms with Crippen LogP contribution in [0, 0.1) is 0 Å². The van der Waals surface area contributed by atoms with Crippen LogP contribution in [0.1, 0.15) is 31.7 Å². The number of hydrazine groups is 1. The molecule has 5 N–H and O–H groups in total. The summed E-state index contributed by atoms with van der Waals surface area (Å²) < 4.78 is 0. The Morgan fingerprint density at radius 2 is 2.05 bits per heavy atom. The van der Waals surface area contributed by atoms with Gasteiger partial charge in [0.25, 0.3) is 0 Å². The van der Waals surface area contributed by atoms with Crippen LogP contribution in [-0.2, 0) is 16.0 Å². The normalized spacial score (nSPS) is 22.2. The first kappa shape index (κ1) is 16.5. The highest BCUT2D eigenvalue weighted by molar-refractivity contribution is 5.89. The number of nitrogens with one attached hydrogen (secondary N) is 3. The third kappa shape index (κ3) is 4.54. The molecule has 6 heteroatoms. The summed E-state index contributed by atoms with van der Waals surface area (Å²) in [5.41, 5.74) is 12.5. The minimum Gasteiger partial charge on any atom is -0.368 e. The van der Waals surface area contributed by atoms with Crippen molar-refractivity contribution in [3.63, 3.8) is 0 Å². The van der Waals surface area contributed by atoms with Gasteiger partial charge in [0.15, 0.2) is 0 Å². The van der Waals surface area contributed by atoms with E-state index in [1.165, 1.54) is 0 Å². The fourth-order valence-electron chi connectivity index (χ4n) is 2.68. The minimum absolute atomic E-state index is 0.189. The number of nitrogens with two attached hydrogens (primary N) is 1. The molecule has 1 saturated heterocycles. The van der Waals surface area contributed by atoms with Gasteiger partial charge >= 0.3 is 0 Å². The van der Waals surface area contributed by atoms with E-state index in [2.05, 4.69) is 23.1 Å². The van der Waals surface area contributed by atoms with Crippen LogP contribution in [0.15, 0.2) is 30.3 Å². The van der Waals surface area contributed by atoms with Crippen LogP contribution in [0.25, 0.3) is 0 Å². The van der Waals surface area contributed by atoms with E-state index in [9.17, 15) is 9.59 Å². The van der Waals surface area contributed by atoms with Gasteiger partial charge in [-0.05, 0) is 18.4 Å². The molecular formula is C16H24N4O2. The summed E-state index contributed by atoms with van der Waals surface area (Å²) in [5, 5.41) is 2.75. The van der Waals surface area contributed by atoms with Crippen molar-refractivity contribution in [3.8, 4) is 0 Å². The van der Waals surface area contributed by atoms with E-state index in [0.29, 0.717) is 12.5 Å². The van der Waals surface area contributed by atoms with Gasteiger partial charge in [-0.15, -0.1) is 0 Å². The van der Waals surface area contributed by atoms with E-state index in [1.807, 2.05) is 30.3 Å². The lowest BCUT2D eigenvalue weighted by Crippen LogP contribution is -2.52. The molecule has 0 aromatic heterocycles. The molecule has 3 atom stereocenters. The maximum atomic E-state index is 12.3. The topological polar surface area (TPSA) is 96.2 Å². The second-order valence-electron chi connectivity index (χ2n) is 5.72. The highest BCUT2D eigenvalue weighted by Gasteiger charge is 2.30. The average molecular weight is 304 g/mol. The molecule has 2 unspecified atom stereocenters. The van der Waals surface area contributed by atoms with Crippen molar-refractivity contribution in [3.05, 3.63) is 35.9 Å². The molecule has 0 spiro atoms. The maximum absolute atomic E-state index is 12.3. The number of carbonyl (C=O) groups excluding carboxylic acids is 2. The lowest BCUT2D eigenvalue weighted by atomic mass is 10.0. The standard InChI is InChI=1S/C16H24N4O2/c1-2-6-12-10-14(20-19-12)16(22)18-13(15(17)21)9-11-7-4-3-5-8-11/h3-5,7-8,12-14,19-20H,2,6,9-10H2,1H3,(H2,17,21)(H,18,22)/t12?,13-,14?/m0/s1. The summed E-state index contributed by atoms with van der Waals surface area (Å²) in [5.74, 6) is -0.709. The first-order valence-electron chi connectivity index (χ1n) is 7.74. The molecule has 22 heavy (non-hydrogen) atoms. The number of rotatable bonds is 7. The Balaban J connectivity index is 1.91. The first-order chi connectivity index (χ1) is 10.6. The largest absolute Gasteiger partial charge is 0.368 e. The van der Waals surface area contributed by atoms with E-state index in [-0.39, 0.29) is 11.9 Å². The fourth-order valence-corrected chi connectivity index (χ4v) is 2.68. The number of primary amides is 1. The summed E-state index contributed by atoms with van der Waals surface area (Å²) in [6.07, 6.45) is 3.20. The fraction of sp³-hybridized carbons (Fsp3) is 0.500. The van der Waals surface area contributed by atoms with Crippen LogP contribution in [0.2, 0.25) is 0 Å². The van der Waals surface area contributed by atoms with Crippen LogP contribution in [-0.4, -0.2) is 29.9 Å². The number of amides is 2. The molecule has 1 aromatic carbocycles.